The predicted octanol–water partition coefficient (Wildman–Crippen LogP) is -0.198. The average molecular weight is 207 g/mol. The van der Waals surface area contributed by atoms with Crippen LogP contribution in [0, 0.1) is 5.92 Å². The van der Waals surface area contributed by atoms with Gasteiger partial charge in [-0.25, -0.2) is 0 Å². The van der Waals surface area contributed by atoms with Crippen molar-refractivity contribution in [3.05, 3.63) is 0 Å². The second-order valence-corrected chi connectivity index (χ2v) is 3.88. The number of aliphatic hydroxyl groups is 2. The molecule has 1 atom stereocenters. The summed E-state index contributed by atoms with van der Waals surface area (Å²) in [4.78, 5) is 10.6. The fraction of sp³-hybridized carbons (Fsp3) is 0.875. The van der Waals surface area contributed by atoms with Crippen LogP contribution in [0.15, 0.2) is 0 Å². The Bertz CT molecular complexity index is 152. The molecule has 0 unspecified atom stereocenters. The maximum Gasteiger partial charge on any atom is 0.216 e. The summed E-state index contributed by atoms with van der Waals surface area (Å²) in [6.45, 7) is 1.74. The lowest BCUT2D eigenvalue weighted by atomic mass is 10.1. The van der Waals surface area contributed by atoms with Gasteiger partial charge in [0.2, 0.25) is 5.91 Å². The zero-order chi connectivity index (χ0) is 10.3. The second kappa shape index (κ2) is 7.17. The van der Waals surface area contributed by atoms with Gasteiger partial charge in [-0.05, 0) is 18.4 Å². The van der Waals surface area contributed by atoms with Gasteiger partial charge in [0.25, 0.3) is 0 Å². The third-order valence-electron chi connectivity index (χ3n) is 1.73. The maximum absolute atomic E-state index is 10.6. The number of thioether (sulfide) groups is 1. The van der Waals surface area contributed by atoms with E-state index in [-0.39, 0.29) is 11.8 Å². The molecule has 0 aromatic heterocycles. The largest absolute Gasteiger partial charge is 0.368 e. The van der Waals surface area contributed by atoms with E-state index in [4.69, 9.17) is 10.2 Å². The molecule has 0 fully saturated rings. The Morgan fingerprint density at radius 1 is 1.54 bits per heavy atom. The van der Waals surface area contributed by atoms with E-state index in [0.29, 0.717) is 13.0 Å². The Hall–Kier alpha value is -0.260. The SMILES string of the molecule is CSCC[C@H](CNC(C)=O)C(O)O. The molecule has 0 aliphatic heterocycles. The van der Waals surface area contributed by atoms with Crippen molar-refractivity contribution in [1.29, 1.82) is 0 Å². The number of carbonyl (C=O) groups is 1. The van der Waals surface area contributed by atoms with Gasteiger partial charge >= 0.3 is 0 Å². The first-order valence-corrected chi connectivity index (χ1v) is 5.56. The molecule has 78 valence electrons. The molecule has 0 aliphatic carbocycles. The molecule has 0 heterocycles. The van der Waals surface area contributed by atoms with Crippen LogP contribution >= 0.6 is 11.8 Å². The molecule has 0 aromatic rings. The summed E-state index contributed by atoms with van der Waals surface area (Å²) in [6.07, 6.45) is 1.30. The highest BCUT2D eigenvalue weighted by Gasteiger charge is 2.16. The fourth-order valence-electron chi connectivity index (χ4n) is 0.901. The van der Waals surface area contributed by atoms with Gasteiger partial charge in [-0.15, -0.1) is 0 Å². The number of nitrogens with one attached hydrogen (secondary N) is 1. The molecule has 0 rings (SSSR count). The smallest absolute Gasteiger partial charge is 0.216 e. The van der Waals surface area contributed by atoms with Gasteiger partial charge in [0.15, 0.2) is 6.29 Å². The molecule has 3 N–H and O–H groups in total. The Morgan fingerprint density at radius 2 is 2.15 bits per heavy atom. The van der Waals surface area contributed by atoms with Gasteiger partial charge in [0.1, 0.15) is 0 Å². The predicted molar refractivity (Wildman–Crippen MR) is 53.4 cm³/mol. The van der Waals surface area contributed by atoms with Gasteiger partial charge in [-0.3, -0.25) is 4.79 Å². The van der Waals surface area contributed by atoms with Crippen molar-refractivity contribution < 1.29 is 15.0 Å². The van der Waals surface area contributed by atoms with Crippen molar-refractivity contribution in [3.63, 3.8) is 0 Å². The Labute approximate surface area is 82.7 Å². The summed E-state index contributed by atoms with van der Waals surface area (Å²) < 4.78 is 0. The molecule has 13 heavy (non-hydrogen) atoms. The van der Waals surface area contributed by atoms with Gasteiger partial charge in [-0.2, -0.15) is 11.8 Å². The maximum atomic E-state index is 10.6. The summed E-state index contributed by atoms with van der Waals surface area (Å²) in [5.74, 6) is 0.452. The number of amides is 1. The van der Waals surface area contributed by atoms with Gasteiger partial charge in [-0.1, -0.05) is 0 Å². The third-order valence-corrected chi connectivity index (χ3v) is 2.37. The zero-order valence-electron chi connectivity index (χ0n) is 7.99. The van der Waals surface area contributed by atoms with Crippen LogP contribution < -0.4 is 5.32 Å². The van der Waals surface area contributed by atoms with Gasteiger partial charge in [0, 0.05) is 19.4 Å². The van der Waals surface area contributed by atoms with E-state index in [1.807, 2.05) is 6.26 Å². The van der Waals surface area contributed by atoms with E-state index in [9.17, 15) is 4.79 Å². The lowest BCUT2D eigenvalue weighted by Gasteiger charge is -2.18. The zero-order valence-corrected chi connectivity index (χ0v) is 8.80. The second-order valence-electron chi connectivity index (χ2n) is 2.89. The summed E-state index contributed by atoms with van der Waals surface area (Å²) in [6, 6.07) is 0. The summed E-state index contributed by atoms with van der Waals surface area (Å²) >= 11 is 1.65. The first-order chi connectivity index (χ1) is 6.07. The van der Waals surface area contributed by atoms with Crippen molar-refractivity contribution in [2.75, 3.05) is 18.6 Å². The average Bonchev–Trinajstić information content (AvgIpc) is 2.03. The molecule has 4 nitrogen and oxygen atoms in total. The third kappa shape index (κ3) is 6.86. The fourth-order valence-corrected chi connectivity index (χ4v) is 1.44. The number of carbonyl (C=O) groups excluding carboxylic acids is 1. The molecule has 0 bridgehead atoms. The van der Waals surface area contributed by atoms with Crippen molar-refractivity contribution in [3.8, 4) is 0 Å². The van der Waals surface area contributed by atoms with Crippen molar-refractivity contribution in [2.45, 2.75) is 19.6 Å². The van der Waals surface area contributed by atoms with Crippen LogP contribution in [-0.4, -0.2) is 41.0 Å². The Kier molecular flexibility index (Phi) is 7.03. The van der Waals surface area contributed by atoms with Crippen LogP contribution in [0.25, 0.3) is 0 Å². The highest BCUT2D eigenvalue weighted by molar-refractivity contribution is 7.98. The van der Waals surface area contributed by atoms with Crippen molar-refractivity contribution in [1.82, 2.24) is 5.32 Å². The molecule has 0 saturated heterocycles. The minimum Gasteiger partial charge on any atom is -0.368 e. The number of hydrogen-bond donors (Lipinski definition) is 3. The highest BCUT2D eigenvalue weighted by atomic mass is 32.2. The Morgan fingerprint density at radius 3 is 2.54 bits per heavy atom. The van der Waals surface area contributed by atoms with E-state index >= 15 is 0 Å². The molecule has 0 radical (unpaired) electrons. The normalized spacial score (nSPS) is 13.0. The standard InChI is InChI=1S/C8H17NO3S/c1-6(10)9-5-7(8(11)12)3-4-13-2/h7-8,11-12H,3-5H2,1-2H3,(H,9,10)/t7-/m1/s1. The first-order valence-electron chi connectivity index (χ1n) is 4.17. The lowest BCUT2D eigenvalue weighted by Crippen LogP contribution is -2.34. The number of aliphatic hydroxyl groups excluding tert-OH is 1. The molecule has 0 spiro atoms. The van der Waals surface area contributed by atoms with Gasteiger partial charge in [0.05, 0.1) is 0 Å². The van der Waals surface area contributed by atoms with Crippen molar-refractivity contribution >= 4 is 17.7 Å². The first kappa shape index (κ1) is 12.7. The van der Waals surface area contributed by atoms with Crippen LogP contribution in [0.5, 0.6) is 0 Å². The monoisotopic (exact) mass is 207 g/mol. The molecule has 1 amide bonds. The minimum atomic E-state index is -1.35. The highest BCUT2D eigenvalue weighted by Crippen LogP contribution is 2.09. The molecule has 0 aliphatic rings. The summed E-state index contributed by atoms with van der Waals surface area (Å²) in [7, 11) is 0. The van der Waals surface area contributed by atoms with Crippen LogP contribution in [0.2, 0.25) is 0 Å². The summed E-state index contributed by atoms with van der Waals surface area (Å²) in [5.41, 5.74) is 0. The van der Waals surface area contributed by atoms with E-state index in [1.165, 1.54) is 6.92 Å². The topological polar surface area (TPSA) is 69.6 Å². The van der Waals surface area contributed by atoms with Crippen molar-refractivity contribution in [2.24, 2.45) is 5.92 Å². The molecule has 5 heteroatoms. The minimum absolute atomic E-state index is 0.144. The number of hydrogen-bond acceptors (Lipinski definition) is 4. The van der Waals surface area contributed by atoms with Crippen LogP contribution in [0.3, 0.4) is 0 Å². The molecular formula is C8H17NO3S. The molecule has 0 saturated carbocycles. The molecular weight excluding hydrogens is 190 g/mol. The van der Waals surface area contributed by atoms with Crippen LogP contribution in [-0.2, 0) is 4.79 Å². The van der Waals surface area contributed by atoms with Gasteiger partial charge < -0.3 is 15.5 Å². The van der Waals surface area contributed by atoms with E-state index in [2.05, 4.69) is 5.32 Å². The molecule has 0 aromatic carbocycles. The quantitative estimate of drug-likeness (QED) is 0.528. The van der Waals surface area contributed by atoms with E-state index < -0.39 is 6.29 Å². The van der Waals surface area contributed by atoms with Crippen LogP contribution in [0.4, 0.5) is 0 Å². The summed E-state index contributed by atoms with van der Waals surface area (Å²) in [5, 5.41) is 20.5. The van der Waals surface area contributed by atoms with E-state index in [1.54, 1.807) is 11.8 Å². The van der Waals surface area contributed by atoms with E-state index in [0.717, 1.165) is 5.75 Å². The Balaban J connectivity index is 3.73. The lowest BCUT2D eigenvalue weighted by molar-refractivity contribution is -0.120. The van der Waals surface area contributed by atoms with Crippen LogP contribution in [0.1, 0.15) is 13.3 Å². The number of rotatable bonds is 6.